The maximum atomic E-state index is 12.3. The minimum Gasteiger partial charge on any atom is -0.463 e. The van der Waals surface area contributed by atoms with Gasteiger partial charge in [-0.25, -0.2) is 9.59 Å². The molecule has 6 nitrogen and oxygen atoms in total. The molecule has 0 bridgehead atoms. The van der Waals surface area contributed by atoms with E-state index in [4.69, 9.17) is 9.47 Å². The van der Waals surface area contributed by atoms with Crippen LogP contribution in [0.3, 0.4) is 0 Å². The lowest BCUT2D eigenvalue weighted by atomic mass is 9.98. The molecule has 2 aliphatic heterocycles. The van der Waals surface area contributed by atoms with Crippen LogP contribution in [0.4, 0.5) is 0 Å². The number of ether oxygens (including phenoxy) is 2. The summed E-state index contributed by atoms with van der Waals surface area (Å²) in [5, 5.41) is 10.4. The van der Waals surface area contributed by atoms with Crippen molar-refractivity contribution < 1.29 is 24.2 Å². The Bertz CT molecular complexity index is 514. The van der Waals surface area contributed by atoms with Gasteiger partial charge in [-0.05, 0) is 60.0 Å². The molecular formula is C18H29NO5. The molecule has 2 aliphatic rings. The third-order valence-corrected chi connectivity index (χ3v) is 5.42. The van der Waals surface area contributed by atoms with Gasteiger partial charge in [-0.15, -0.1) is 0 Å². The average Bonchev–Trinajstić information content (AvgIpc) is 3.15. The number of aliphatic hydroxyl groups is 1. The van der Waals surface area contributed by atoms with Gasteiger partial charge in [0.05, 0.1) is 6.61 Å². The van der Waals surface area contributed by atoms with Crippen LogP contribution in [-0.4, -0.2) is 59.4 Å². The SMILES string of the molecule is CC=C(C)C(=O)OC(C)C(C)(O)C(=O)OCC1CCN2CCCC12. The second-order valence-corrected chi connectivity index (χ2v) is 7.06. The molecule has 0 aromatic carbocycles. The molecular weight excluding hydrogens is 310 g/mol. The van der Waals surface area contributed by atoms with E-state index in [1.54, 1.807) is 19.9 Å². The normalized spacial score (nSPS) is 28.1. The van der Waals surface area contributed by atoms with E-state index in [2.05, 4.69) is 4.90 Å². The Kier molecular flexibility index (Phi) is 6.04. The highest BCUT2D eigenvalue weighted by Gasteiger charge is 2.43. The number of esters is 2. The van der Waals surface area contributed by atoms with E-state index in [0.717, 1.165) is 25.9 Å². The summed E-state index contributed by atoms with van der Waals surface area (Å²) in [7, 11) is 0. The van der Waals surface area contributed by atoms with Crippen molar-refractivity contribution in [1.82, 2.24) is 4.90 Å². The quantitative estimate of drug-likeness (QED) is 0.586. The maximum Gasteiger partial charge on any atom is 0.341 e. The number of carbonyl (C=O) groups is 2. The predicted octanol–water partition coefficient (Wildman–Crippen LogP) is 1.66. The van der Waals surface area contributed by atoms with Gasteiger partial charge in [0.2, 0.25) is 0 Å². The van der Waals surface area contributed by atoms with Crippen molar-refractivity contribution in [2.24, 2.45) is 5.92 Å². The molecule has 0 aromatic rings. The molecule has 24 heavy (non-hydrogen) atoms. The van der Waals surface area contributed by atoms with Crippen LogP contribution in [0.5, 0.6) is 0 Å². The summed E-state index contributed by atoms with van der Waals surface area (Å²) in [6.45, 7) is 8.66. The summed E-state index contributed by atoms with van der Waals surface area (Å²) < 4.78 is 10.5. The lowest BCUT2D eigenvalue weighted by molar-refractivity contribution is -0.183. The first kappa shape index (κ1) is 18.9. The number of hydrogen-bond acceptors (Lipinski definition) is 6. The Morgan fingerprint density at radius 2 is 2.08 bits per heavy atom. The van der Waals surface area contributed by atoms with E-state index >= 15 is 0 Å². The molecule has 4 unspecified atom stereocenters. The molecule has 2 saturated heterocycles. The van der Waals surface area contributed by atoms with Gasteiger partial charge in [0.15, 0.2) is 5.60 Å². The summed E-state index contributed by atoms with van der Waals surface area (Å²) in [6, 6.07) is 0.496. The van der Waals surface area contributed by atoms with Crippen LogP contribution in [0.2, 0.25) is 0 Å². The van der Waals surface area contributed by atoms with E-state index in [1.165, 1.54) is 20.3 Å². The first-order valence-electron chi connectivity index (χ1n) is 8.75. The minimum atomic E-state index is -1.86. The van der Waals surface area contributed by atoms with Gasteiger partial charge in [0.25, 0.3) is 0 Å². The molecule has 6 heteroatoms. The Hall–Kier alpha value is -1.40. The second kappa shape index (κ2) is 7.66. The van der Waals surface area contributed by atoms with Gasteiger partial charge in [-0.1, -0.05) is 6.08 Å². The van der Waals surface area contributed by atoms with Crippen molar-refractivity contribution in [2.45, 2.75) is 64.7 Å². The third kappa shape index (κ3) is 3.98. The maximum absolute atomic E-state index is 12.3. The van der Waals surface area contributed by atoms with Crippen LogP contribution >= 0.6 is 0 Å². The molecule has 0 spiro atoms. The van der Waals surface area contributed by atoms with Crippen molar-refractivity contribution >= 4 is 11.9 Å². The summed E-state index contributed by atoms with van der Waals surface area (Å²) in [5.41, 5.74) is -1.43. The fraction of sp³-hybridized carbons (Fsp3) is 0.778. The first-order valence-corrected chi connectivity index (χ1v) is 8.75. The molecule has 0 aliphatic carbocycles. The van der Waals surface area contributed by atoms with E-state index in [1.807, 2.05) is 0 Å². The molecule has 0 amide bonds. The average molecular weight is 339 g/mol. The van der Waals surface area contributed by atoms with Gasteiger partial charge in [-0.3, -0.25) is 4.90 Å². The molecule has 1 N–H and O–H groups in total. The summed E-state index contributed by atoms with van der Waals surface area (Å²) >= 11 is 0. The van der Waals surface area contributed by atoms with Crippen molar-refractivity contribution in [1.29, 1.82) is 0 Å². The van der Waals surface area contributed by atoms with Crippen LogP contribution in [-0.2, 0) is 19.1 Å². The predicted molar refractivity (Wildman–Crippen MR) is 89.3 cm³/mol. The highest BCUT2D eigenvalue weighted by Crippen LogP contribution is 2.33. The van der Waals surface area contributed by atoms with Crippen LogP contribution in [0.25, 0.3) is 0 Å². The zero-order valence-corrected chi connectivity index (χ0v) is 15.1. The molecule has 4 atom stereocenters. The van der Waals surface area contributed by atoms with Crippen molar-refractivity contribution in [3.63, 3.8) is 0 Å². The Labute approximate surface area is 143 Å². The lowest BCUT2D eigenvalue weighted by Gasteiger charge is -2.29. The molecule has 2 fully saturated rings. The Morgan fingerprint density at radius 3 is 2.75 bits per heavy atom. The molecule has 136 valence electrons. The zero-order valence-electron chi connectivity index (χ0n) is 15.1. The number of allylic oxidation sites excluding steroid dienone is 1. The standard InChI is InChI=1S/C18H29NO5/c1-5-12(2)16(20)24-13(3)18(4,22)17(21)23-11-14-8-10-19-9-6-7-15(14)19/h5,13-15,22H,6-11H2,1-4H3. The fourth-order valence-electron chi connectivity index (χ4n) is 3.36. The summed E-state index contributed by atoms with van der Waals surface area (Å²) in [5.74, 6) is -0.955. The van der Waals surface area contributed by atoms with Gasteiger partial charge in [0.1, 0.15) is 6.10 Å². The highest BCUT2D eigenvalue weighted by molar-refractivity contribution is 5.88. The van der Waals surface area contributed by atoms with E-state index in [0.29, 0.717) is 24.1 Å². The Balaban J connectivity index is 1.86. The first-order chi connectivity index (χ1) is 11.3. The van der Waals surface area contributed by atoms with Gasteiger partial charge in [0, 0.05) is 17.5 Å². The monoisotopic (exact) mass is 339 g/mol. The Morgan fingerprint density at radius 1 is 1.38 bits per heavy atom. The summed E-state index contributed by atoms with van der Waals surface area (Å²) in [4.78, 5) is 26.5. The van der Waals surface area contributed by atoms with E-state index < -0.39 is 23.6 Å². The molecule has 2 heterocycles. The van der Waals surface area contributed by atoms with Crippen molar-refractivity contribution in [2.75, 3.05) is 19.7 Å². The number of carbonyl (C=O) groups excluding carboxylic acids is 2. The summed E-state index contributed by atoms with van der Waals surface area (Å²) in [6.07, 6.45) is 4.00. The van der Waals surface area contributed by atoms with Crippen molar-refractivity contribution in [3.8, 4) is 0 Å². The number of hydrogen-bond donors (Lipinski definition) is 1. The highest BCUT2D eigenvalue weighted by atomic mass is 16.6. The number of nitrogens with zero attached hydrogens (tertiary/aromatic N) is 1. The molecule has 0 aromatic heterocycles. The third-order valence-electron chi connectivity index (χ3n) is 5.42. The smallest absolute Gasteiger partial charge is 0.341 e. The van der Waals surface area contributed by atoms with Crippen LogP contribution < -0.4 is 0 Å². The van der Waals surface area contributed by atoms with E-state index in [9.17, 15) is 14.7 Å². The van der Waals surface area contributed by atoms with Crippen LogP contribution in [0.1, 0.15) is 47.0 Å². The second-order valence-electron chi connectivity index (χ2n) is 7.06. The lowest BCUT2D eigenvalue weighted by Crippen LogP contribution is -2.49. The van der Waals surface area contributed by atoms with Gasteiger partial charge < -0.3 is 14.6 Å². The minimum absolute atomic E-state index is 0.310. The molecule has 0 saturated carbocycles. The number of fused-ring (bicyclic) bond motifs is 1. The molecule has 2 rings (SSSR count). The fourth-order valence-corrected chi connectivity index (χ4v) is 3.36. The largest absolute Gasteiger partial charge is 0.463 e. The van der Waals surface area contributed by atoms with Crippen LogP contribution in [0.15, 0.2) is 11.6 Å². The van der Waals surface area contributed by atoms with Crippen molar-refractivity contribution in [3.05, 3.63) is 11.6 Å². The topological polar surface area (TPSA) is 76.1 Å². The molecule has 0 radical (unpaired) electrons. The van der Waals surface area contributed by atoms with Gasteiger partial charge in [-0.2, -0.15) is 0 Å². The van der Waals surface area contributed by atoms with Crippen LogP contribution in [0, 0.1) is 5.92 Å². The zero-order chi connectivity index (χ0) is 17.9. The number of rotatable bonds is 6. The van der Waals surface area contributed by atoms with E-state index in [-0.39, 0.29) is 0 Å². The van der Waals surface area contributed by atoms with Gasteiger partial charge >= 0.3 is 11.9 Å².